The van der Waals surface area contributed by atoms with E-state index < -0.39 is 22.0 Å². The maximum atomic E-state index is 11.3. The zero-order chi connectivity index (χ0) is 8.41. The predicted molar refractivity (Wildman–Crippen MR) is 30.6 cm³/mol. The summed E-state index contributed by atoms with van der Waals surface area (Å²) in [5, 5.41) is 0. The first-order chi connectivity index (χ1) is 4.31. The summed E-state index contributed by atoms with van der Waals surface area (Å²) in [5.41, 5.74) is -5.32. The number of rotatable bonds is 2. The normalized spacial score (nSPS) is 13.6. The molecule has 0 saturated carbocycles. The highest BCUT2D eigenvalue weighted by Gasteiger charge is 2.46. The second-order valence-electron chi connectivity index (χ2n) is 1.18. The fourth-order valence-corrected chi connectivity index (χ4v) is 1.01. The Morgan fingerprint density at radius 3 is 1.90 bits per heavy atom. The molecule has 0 radical (unpaired) electrons. The van der Waals surface area contributed by atoms with E-state index >= 15 is 0 Å². The summed E-state index contributed by atoms with van der Waals surface area (Å²) in [6.45, 7) is 0. The zero-order valence-electron chi connectivity index (χ0n) is 4.55. The van der Waals surface area contributed by atoms with E-state index in [1.165, 1.54) is 0 Å². The van der Waals surface area contributed by atoms with Crippen LogP contribution in [0.15, 0.2) is 0 Å². The molecule has 0 N–H and O–H groups in total. The van der Waals surface area contributed by atoms with Gasteiger partial charge < -0.3 is 0 Å². The maximum Gasteiger partial charge on any atom is 0.523 e. The summed E-state index contributed by atoms with van der Waals surface area (Å²) >= 11 is 0. The number of alkyl halides is 3. The van der Waals surface area contributed by atoms with Crippen LogP contribution in [-0.2, 0) is 14.3 Å². The van der Waals surface area contributed by atoms with Gasteiger partial charge in [-0.1, -0.05) is 0 Å². The average Bonchev–Trinajstić information content (AvgIpc) is 1.61. The van der Waals surface area contributed by atoms with Crippen molar-refractivity contribution in [3.63, 3.8) is 0 Å². The lowest BCUT2D eigenvalue weighted by molar-refractivity contribution is -0.0530. The molecule has 0 aliphatic carbocycles. The van der Waals surface area contributed by atoms with Crippen LogP contribution in [0.3, 0.4) is 0 Å². The van der Waals surface area contributed by atoms with E-state index in [0.717, 1.165) is 0 Å². The van der Waals surface area contributed by atoms with Crippen LogP contribution in [0.5, 0.6) is 0 Å². The lowest BCUT2D eigenvalue weighted by Gasteiger charge is -2.04. The molecule has 0 aliphatic heterocycles. The molecule has 1 unspecified atom stereocenters. The monoisotopic (exact) mass is 196 g/mol. The van der Waals surface area contributed by atoms with E-state index in [1.807, 2.05) is 0 Å². The Kier molecular flexibility index (Phi) is 3.06. The van der Waals surface area contributed by atoms with Crippen molar-refractivity contribution in [2.45, 2.75) is 5.51 Å². The van der Waals surface area contributed by atoms with Gasteiger partial charge in [0.15, 0.2) is 0 Å². The molecule has 0 aromatic carbocycles. The molecule has 0 aromatic rings. The van der Waals surface area contributed by atoms with Crippen molar-refractivity contribution in [3.05, 3.63) is 0 Å². The van der Waals surface area contributed by atoms with Crippen molar-refractivity contribution in [1.82, 2.24) is 0 Å². The first-order valence-corrected chi connectivity index (χ1v) is 4.19. The first kappa shape index (κ1) is 10.1. The minimum atomic E-state index is -5.37. The van der Waals surface area contributed by atoms with Gasteiger partial charge in [0.1, 0.15) is 0 Å². The average molecular weight is 196 g/mol. The molecule has 3 nitrogen and oxygen atoms in total. The highest BCUT2D eigenvalue weighted by Crippen LogP contribution is 2.24. The smallest absolute Gasteiger partial charge is 0.259 e. The van der Waals surface area contributed by atoms with Crippen molar-refractivity contribution in [2.75, 3.05) is 6.35 Å². The van der Waals surface area contributed by atoms with Gasteiger partial charge in [-0.25, -0.2) is 0 Å². The third-order valence-corrected chi connectivity index (χ3v) is 1.93. The lowest BCUT2D eigenvalue weighted by Crippen LogP contribution is -2.24. The van der Waals surface area contributed by atoms with Gasteiger partial charge in [-0.3, -0.25) is 4.18 Å². The summed E-state index contributed by atoms with van der Waals surface area (Å²) in [6, 6.07) is 0. The van der Waals surface area contributed by atoms with Gasteiger partial charge in [0.2, 0.25) is 0 Å². The molecule has 1 atom stereocenters. The van der Waals surface area contributed by atoms with E-state index in [1.54, 1.807) is 9.24 Å². The van der Waals surface area contributed by atoms with E-state index in [9.17, 15) is 21.6 Å². The van der Waals surface area contributed by atoms with Gasteiger partial charge in [0.25, 0.3) is 0 Å². The second kappa shape index (κ2) is 3.02. The van der Waals surface area contributed by atoms with Gasteiger partial charge in [-0.15, -0.1) is 9.24 Å². The molecule has 0 rings (SSSR count). The van der Waals surface area contributed by atoms with Crippen LogP contribution in [0.1, 0.15) is 0 Å². The molecule has 0 heterocycles. The fourth-order valence-electron chi connectivity index (χ4n) is 0.156. The van der Waals surface area contributed by atoms with Crippen molar-refractivity contribution >= 4 is 19.4 Å². The Hall–Kier alpha value is 0.130. The highest BCUT2D eigenvalue weighted by molar-refractivity contribution is 7.87. The molecule has 0 spiro atoms. The Morgan fingerprint density at radius 1 is 1.40 bits per heavy atom. The Morgan fingerprint density at radius 2 is 1.80 bits per heavy atom. The Bertz CT molecular complexity index is 194. The molecular weight excluding hydrogens is 192 g/mol. The SMILES string of the molecule is O=S(=O)(OCP)C(F)(F)F. The summed E-state index contributed by atoms with van der Waals surface area (Å²) in [7, 11) is -3.67. The third-order valence-electron chi connectivity index (χ3n) is 0.507. The summed E-state index contributed by atoms with van der Waals surface area (Å²) in [5.74, 6) is 0. The van der Waals surface area contributed by atoms with Crippen molar-refractivity contribution in [1.29, 1.82) is 0 Å². The zero-order valence-corrected chi connectivity index (χ0v) is 6.52. The standard InChI is InChI=1S/C2H4F3O3PS/c3-2(4,5)10(6,7)8-1-9/h1,9H2. The lowest BCUT2D eigenvalue weighted by atomic mass is 11.6. The van der Waals surface area contributed by atoms with Gasteiger partial charge in [0, 0.05) is 0 Å². The topological polar surface area (TPSA) is 43.4 Å². The number of halogens is 3. The van der Waals surface area contributed by atoms with Gasteiger partial charge in [-0.2, -0.15) is 21.6 Å². The van der Waals surface area contributed by atoms with Crippen LogP contribution >= 0.6 is 9.24 Å². The van der Waals surface area contributed by atoms with Crippen molar-refractivity contribution in [2.24, 2.45) is 0 Å². The maximum absolute atomic E-state index is 11.3. The van der Waals surface area contributed by atoms with Crippen LogP contribution in [-0.4, -0.2) is 20.3 Å². The molecule has 0 fully saturated rings. The molecule has 10 heavy (non-hydrogen) atoms. The van der Waals surface area contributed by atoms with E-state index in [4.69, 9.17) is 0 Å². The van der Waals surface area contributed by atoms with Crippen LogP contribution < -0.4 is 0 Å². The van der Waals surface area contributed by atoms with Gasteiger partial charge in [0.05, 0.1) is 6.35 Å². The Labute approximate surface area is 57.9 Å². The molecule has 0 bridgehead atoms. The highest BCUT2D eigenvalue weighted by atomic mass is 32.2. The first-order valence-electron chi connectivity index (χ1n) is 1.97. The second-order valence-corrected chi connectivity index (χ2v) is 3.12. The molecule has 0 aliphatic rings. The molecule has 62 valence electrons. The molecular formula is C2H4F3O3PS. The van der Waals surface area contributed by atoms with Crippen LogP contribution in [0, 0.1) is 0 Å². The molecule has 0 amide bonds. The minimum absolute atomic E-state index is 0.595. The van der Waals surface area contributed by atoms with Gasteiger partial charge in [-0.05, 0) is 0 Å². The molecule has 8 heteroatoms. The quantitative estimate of drug-likeness (QED) is 0.370. The summed E-state index contributed by atoms with van der Waals surface area (Å²) in [6.07, 6.45) is -0.595. The largest absolute Gasteiger partial charge is 0.523 e. The van der Waals surface area contributed by atoms with Gasteiger partial charge >= 0.3 is 15.6 Å². The Balaban J connectivity index is 4.44. The van der Waals surface area contributed by atoms with Crippen molar-refractivity contribution < 1.29 is 25.8 Å². The summed E-state index contributed by atoms with van der Waals surface area (Å²) < 4.78 is 57.1. The van der Waals surface area contributed by atoms with E-state index in [0.29, 0.717) is 0 Å². The van der Waals surface area contributed by atoms with E-state index in [-0.39, 0.29) is 0 Å². The number of hydrogen-bond donors (Lipinski definition) is 0. The van der Waals surface area contributed by atoms with E-state index in [2.05, 4.69) is 4.18 Å². The fraction of sp³-hybridized carbons (Fsp3) is 1.00. The van der Waals surface area contributed by atoms with Crippen LogP contribution in [0.25, 0.3) is 0 Å². The predicted octanol–water partition coefficient (Wildman–Crippen LogP) is 0.685. The van der Waals surface area contributed by atoms with Crippen molar-refractivity contribution in [3.8, 4) is 0 Å². The number of hydrogen-bond acceptors (Lipinski definition) is 3. The third kappa shape index (κ3) is 2.40. The minimum Gasteiger partial charge on any atom is -0.259 e. The molecule has 0 aromatic heterocycles. The van der Waals surface area contributed by atoms with Crippen LogP contribution in [0.2, 0.25) is 0 Å². The summed E-state index contributed by atoms with van der Waals surface area (Å²) in [4.78, 5) is 0. The molecule has 0 saturated heterocycles. The van der Waals surface area contributed by atoms with Crippen LogP contribution in [0.4, 0.5) is 13.2 Å².